The lowest BCUT2D eigenvalue weighted by atomic mass is 10.1. The van der Waals surface area contributed by atoms with Crippen LogP contribution in [-0.2, 0) is 28.6 Å². The summed E-state index contributed by atoms with van der Waals surface area (Å²) in [5.41, 5.74) is 0. The molecule has 2 atom stereocenters. The molecule has 0 aliphatic carbocycles. The van der Waals surface area contributed by atoms with Crippen molar-refractivity contribution in [2.45, 2.75) is 251 Å². The van der Waals surface area contributed by atoms with Gasteiger partial charge in [-0.05, 0) is 89.9 Å². The number of esters is 2. The highest BCUT2D eigenvalue weighted by atomic mass is 16.6. The molecule has 8 heteroatoms. The smallest absolute Gasteiger partial charge is 0.362 e. The summed E-state index contributed by atoms with van der Waals surface area (Å²) in [6.07, 6.45) is 65.2. The number of hydrogen-bond donors (Lipinski definition) is 1. The van der Waals surface area contributed by atoms with Gasteiger partial charge < -0.3 is 23.8 Å². The van der Waals surface area contributed by atoms with E-state index >= 15 is 0 Å². The van der Waals surface area contributed by atoms with Crippen LogP contribution in [0.3, 0.4) is 0 Å². The number of likely N-dealkylation sites (N-methyl/N-ethyl adjacent to an activating group) is 1. The van der Waals surface area contributed by atoms with Crippen molar-refractivity contribution >= 4 is 17.9 Å². The number of carbonyl (C=O) groups excluding carboxylic acids is 2. The highest BCUT2D eigenvalue weighted by Gasteiger charge is 2.31. The molecule has 8 nitrogen and oxygen atoms in total. The van der Waals surface area contributed by atoms with Crippen molar-refractivity contribution in [3.05, 3.63) is 72.9 Å². The minimum atomic E-state index is -0.877. The van der Waals surface area contributed by atoms with Gasteiger partial charge in [0.2, 0.25) is 0 Å². The molecule has 0 radical (unpaired) electrons. The Balaban J connectivity index is 4.22. The Bertz CT molecular complexity index is 1340. The molecule has 1 N–H and O–H groups in total. The predicted octanol–water partition coefficient (Wildman–Crippen LogP) is 16.6. The number of ether oxygens (including phenoxy) is 3. The molecule has 68 heavy (non-hydrogen) atoms. The molecular formula is C60H106NO7+. The van der Waals surface area contributed by atoms with Crippen LogP contribution in [0.25, 0.3) is 0 Å². The molecule has 0 heterocycles. The largest absolute Gasteiger partial charge is 0.477 e. The van der Waals surface area contributed by atoms with Gasteiger partial charge >= 0.3 is 17.9 Å². The van der Waals surface area contributed by atoms with Crippen molar-refractivity contribution in [2.75, 3.05) is 41.0 Å². The maximum absolute atomic E-state index is 12.8. The summed E-state index contributed by atoms with van der Waals surface area (Å²) in [5, 5.41) is 9.67. The number of rotatable bonds is 50. The summed E-state index contributed by atoms with van der Waals surface area (Å²) in [5.74, 6) is -1.48. The van der Waals surface area contributed by atoms with E-state index in [2.05, 4.69) is 86.8 Å². The van der Waals surface area contributed by atoms with Crippen LogP contribution in [0.1, 0.15) is 239 Å². The number of aliphatic carboxylic acids is 1. The molecule has 0 aromatic rings. The zero-order valence-electron chi connectivity index (χ0n) is 44.8. The standard InChI is InChI=1S/C60H105NO7/c1-6-8-10-12-14-16-18-20-22-24-26-28-30-32-34-36-38-40-42-44-46-48-50-58(62)67-55-56(54-66-53-52-57(60(64)65)61(3,4)5)68-59(63)51-49-47-45-43-41-39-37-35-33-31-29-27-25-23-21-19-17-15-13-11-9-7-2/h14-17,20-23,26-29,56-57H,6-13,18-19,24-25,30-55H2,1-5H3/p+1/b16-14+,17-15+,22-20+,23-21+,28-26+,29-27+. The molecule has 0 aliphatic rings. The van der Waals surface area contributed by atoms with Gasteiger partial charge in [0.05, 0.1) is 34.4 Å². The number of nitrogens with zero attached hydrogens (tertiary/aromatic N) is 1. The van der Waals surface area contributed by atoms with Gasteiger partial charge in [-0.1, -0.05) is 202 Å². The topological polar surface area (TPSA) is 99.1 Å². The van der Waals surface area contributed by atoms with E-state index in [1.165, 1.54) is 135 Å². The summed E-state index contributed by atoms with van der Waals surface area (Å²) < 4.78 is 17.4. The van der Waals surface area contributed by atoms with E-state index in [0.717, 1.165) is 70.6 Å². The molecule has 0 aromatic carbocycles. The van der Waals surface area contributed by atoms with Crippen molar-refractivity contribution < 1.29 is 38.2 Å². The fourth-order valence-electron chi connectivity index (χ4n) is 7.99. The van der Waals surface area contributed by atoms with Gasteiger partial charge in [0, 0.05) is 19.3 Å². The van der Waals surface area contributed by atoms with Gasteiger partial charge in [0.1, 0.15) is 6.61 Å². The average molecular weight is 954 g/mol. The quantitative estimate of drug-likeness (QED) is 0.0281. The number of carboxylic acids is 1. The van der Waals surface area contributed by atoms with Crippen LogP contribution in [0.5, 0.6) is 0 Å². The average Bonchev–Trinajstić information content (AvgIpc) is 3.30. The van der Waals surface area contributed by atoms with E-state index in [1.807, 2.05) is 21.1 Å². The van der Waals surface area contributed by atoms with Crippen molar-refractivity contribution in [1.29, 1.82) is 0 Å². The van der Waals surface area contributed by atoms with E-state index < -0.39 is 18.1 Å². The molecule has 0 aromatic heterocycles. The van der Waals surface area contributed by atoms with Crippen LogP contribution in [0.4, 0.5) is 0 Å². The Kier molecular flexibility index (Phi) is 47.8. The minimum absolute atomic E-state index is 0.0549. The number of unbranched alkanes of at least 4 members (excludes halogenated alkanes) is 24. The molecule has 0 bridgehead atoms. The monoisotopic (exact) mass is 953 g/mol. The second-order valence-electron chi connectivity index (χ2n) is 19.8. The van der Waals surface area contributed by atoms with E-state index in [-0.39, 0.29) is 36.2 Å². The second-order valence-corrected chi connectivity index (χ2v) is 19.8. The zero-order valence-corrected chi connectivity index (χ0v) is 44.8. The van der Waals surface area contributed by atoms with Gasteiger partial charge in [0.15, 0.2) is 12.1 Å². The van der Waals surface area contributed by atoms with Crippen molar-refractivity contribution in [2.24, 2.45) is 0 Å². The molecule has 0 rings (SSSR count). The lowest BCUT2D eigenvalue weighted by Crippen LogP contribution is -2.50. The molecule has 0 amide bonds. The summed E-state index contributed by atoms with van der Waals surface area (Å²) in [4.78, 5) is 37.3. The van der Waals surface area contributed by atoms with Gasteiger partial charge in [-0.15, -0.1) is 0 Å². The van der Waals surface area contributed by atoms with Crippen LogP contribution in [0.15, 0.2) is 72.9 Å². The second kappa shape index (κ2) is 50.2. The Labute approximate surface area is 419 Å². The highest BCUT2D eigenvalue weighted by Crippen LogP contribution is 2.15. The zero-order chi connectivity index (χ0) is 49.9. The van der Waals surface area contributed by atoms with Crippen LogP contribution in [-0.4, -0.2) is 80.6 Å². The molecule has 392 valence electrons. The summed E-state index contributed by atoms with van der Waals surface area (Å²) in [7, 11) is 5.54. The number of hydrogen-bond acceptors (Lipinski definition) is 6. The molecule has 0 spiro atoms. The first kappa shape index (κ1) is 64.8. The van der Waals surface area contributed by atoms with E-state index in [4.69, 9.17) is 14.2 Å². The number of quaternary nitrogens is 1. The fourth-order valence-corrected chi connectivity index (χ4v) is 7.99. The van der Waals surface area contributed by atoms with Crippen molar-refractivity contribution in [1.82, 2.24) is 0 Å². The van der Waals surface area contributed by atoms with E-state index in [1.54, 1.807) is 0 Å². The van der Waals surface area contributed by atoms with Crippen LogP contribution in [0.2, 0.25) is 0 Å². The van der Waals surface area contributed by atoms with Gasteiger partial charge in [-0.25, -0.2) is 4.79 Å². The molecular weight excluding hydrogens is 847 g/mol. The first-order chi connectivity index (χ1) is 33.1. The Morgan fingerprint density at radius 1 is 0.441 bits per heavy atom. The normalized spacial score (nSPS) is 13.4. The maximum Gasteiger partial charge on any atom is 0.362 e. The van der Waals surface area contributed by atoms with E-state index in [9.17, 15) is 19.5 Å². The van der Waals surface area contributed by atoms with Crippen molar-refractivity contribution in [3.63, 3.8) is 0 Å². The number of carboxylic acid groups (broad SMARTS) is 1. The Morgan fingerprint density at radius 3 is 1.15 bits per heavy atom. The fraction of sp³-hybridized carbons (Fsp3) is 0.750. The lowest BCUT2D eigenvalue weighted by Gasteiger charge is -2.31. The molecule has 0 fully saturated rings. The van der Waals surface area contributed by atoms with Gasteiger partial charge in [-0.2, -0.15) is 0 Å². The summed E-state index contributed by atoms with van der Waals surface area (Å²) in [6.45, 7) is 4.69. The van der Waals surface area contributed by atoms with Crippen molar-refractivity contribution in [3.8, 4) is 0 Å². The Morgan fingerprint density at radius 2 is 0.779 bits per heavy atom. The summed E-state index contributed by atoms with van der Waals surface area (Å²) >= 11 is 0. The minimum Gasteiger partial charge on any atom is -0.477 e. The van der Waals surface area contributed by atoms with Gasteiger partial charge in [-0.3, -0.25) is 9.59 Å². The SMILES string of the molecule is CCCCC/C=C/C/C=C/C/C=C/CCCCCCCCCCCC(=O)OCC(COCCC(C(=O)O)[N+](C)(C)C)OC(=O)CCCCCCCCCCC/C=C/C/C=C/C/C=C/CCCCC. The molecule has 2 unspecified atom stereocenters. The van der Waals surface area contributed by atoms with Crippen LogP contribution < -0.4 is 0 Å². The van der Waals surface area contributed by atoms with Gasteiger partial charge in [0.25, 0.3) is 0 Å². The third kappa shape index (κ3) is 47.8. The molecule has 0 aliphatic heterocycles. The van der Waals surface area contributed by atoms with Crippen LogP contribution >= 0.6 is 0 Å². The molecule has 0 saturated carbocycles. The third-order valence-corrected chi connectivity index (χ3v) is 12.3. The lowest BCUT2D eigenvalue weighted by molar-refractivity contribution is -0.887. The highest BCUT2D eigenvalue weighted by molar-refractivity contribution is 5.72. The molecule has 0 saturated heterocycles. The first-order valence-corrected chi connectivity index (χ1v) is 28.0. The summed E-state index contributed by atoms with van der Waals surface area (Å²) in [6, 6.07) is -0.620. The predicted molar refractivity (Wildman–Crippen MR) is 289 cm³/mol. The maximum atomic E-state index is 12.8. The third-order valence-electron chi connectivity index (χ3n) is 12.3. The van der Waals surface area contributed by atoms with Crippen LogP contribution in [0, 0.1) is 0 Å². The number of allylic oxidation sites excluding steroid dienone is 12. The number of carbonyl (C=O) groups is 3. The van der Waals surface area contributed by atoms with E-state index in [0.29, 0.717) is 19.3 Å². The Hall–Kier alpha value is -3.23. The first-order valence-electron chi connectivity index (χ1n) is 28.0.